The van der Waals surface area contributed by atoms with E-state index < -0.39 is 0 Å². The summed E-state index contributed by atoms with van der Waals surface area (Å²) >= 11 is 0. The molecule has 1 N–H and O–H groups in total. The van der Waals surface area contributed by atoms with E-state index in [0.29, 0.717) is 6.04 Å². The fourth-order valence-corrected chi connectivity index (χ4v) is 3.12. The number of unbranched alkanes of at least 4 members (excludes halogenated alkanes) is 1. The Bertz CT molecular complexity index is 209. The van der Waals surface area contributed by atoms with Crippen molar-refractivity contribution in [3.63, 3.8) is 0 Å². The van der Waals surface area contributed by atoms with E-state index in [9.17, 15) is 0 Å². The third-order valence-electron chi connectivity index (χ3n) is 3.87. The molecular weight excluding hydrogens is 210 g/mol. The van der Waals surface area contributed by atoms with Gasteiger partial charge in [0, 0.05) is 12.6 Å². The summed E-state index contributed by atoms with van der Waals surface area (Å²) < 4.78 is 6.15. The van der Waals surface area contributed by atoms with Crippen molar-refractivity contribution in [3.05, 3.63) is 12.7 Å². The van der Waals surface area contributed by atoms with Crippen LogP contribution in [0.5, 0.6) is 0 Å². The zero-order valence-electron chi connectivity index (χ0n) is 11.6. The molecule has 1 aliphatic rings. The van der Waals surface area contributed by atoms with Gasteiger partial charge in [0.1, 0.15) is 0 Å². The molecule has 1 rings (SSSR count). The molecule has 1 unspecified atom stereocenters. The predicted octanol–water partition coefficient (Wildman–Crippen LogP) is 3.67. The lowest BCUT2D eigenvalue weighted by molar-refractivity contribution is -0.0631. The van der Waals surface area contributed by atoms with Gasteiger partial charge in [0.15, 0.2) is 0 Å². The van der Waals surface area contributed by atoms with Gasteiger partial charge < -0.3 is 10.1 Å². The van der Waals surface area contributed by atoms with Crippen LogP contribution in [-0.2, 0) is 4.74 Å². The van der Waals surface area contributed by atoms with Gasteiger partial charge in [-0.2, -0.15) is 0 Å². The van der Waals surface area contributed by atoms with Crippen LogP contribution >= 0.6 is 0 Å². The van der Waals surface area contributed by atoms with Crippen molar-refractivity contribution in [1.82, 2.24) is 5.32 Å². The molecule has 0 saturated heterocycles. The van der Waals surface area contributed by atoms with Gasteiger partial charge in [-0.15, -0.1) is 6.58 Å². The lowest BCUT2D eigenvalue weighted by Gasteiger charge is -2.38. The average molecular weight is 239 g/mol. The van der Waals surface area contributed by atoms with E-state index in [1.165, 1.54) is 38.5 Å². The lowest BCUT2D eigenvalue weighted by Crippen LogP contribution is -2.51. The summed E-state index contributed by atoms with van der Waals surface area (Å²) in [4.78, 5) is 0. The molecule has 0 bridgehead atoms. The third kappa shape index (κ3) is 4.11. The van der Waals surface area contributed by atoms with Crippen molar-refractivity contribution >= 4 is 0 Å². The molecule has 2 nitrogen and oxygen atoms in total. The number of hydrogen-bond acceptors (Lipinski definition) is 2. The molecule has 0 spiro atoms. The minimum Gasteiger partial charge on any atom is -0.374 e. The van der Waals surface area contributed by atoms with Gasteiger partial charge in [-0.1, -0.05) is 25.8 Å². The van der Waals surface area contributed by atoms with Crippen LogP contribution in [0.4, 0.5) is 0 Å². The van der Waals surface area contributed by atoms with Crippen molar-refractivity contribution in [2.45, 2.75) is 70.4 Å². The van der Waals surface area contributed by atoms with Crippen molar-refractivity contribution in [1.29, 1.82) is 0 Å². The SMILES string of the molecule is C=CCCCC(NCC)C1(OCC)CCCC1. The van der Waals surface area contributed by atoms with E-state index in [0.717, 1.165) is 19.6 Å². The molecule has 0 aliphatic heterocycles. The summed E-state index contributed by atoms with van der Waals surface area (Å²) in [7, 11) is 0. The molecule has 1 saturated carbocycles. The molecule has 0 amide bonds. The van der Waals surface area contributed by atoms with Gasteiger partial charge in [0.25, 0.3) is 0 Å². The molecule has 100 valence electrons. The van der Waals surface area contributed by atoms with Gasteiger partial charge in [-0.3, -0.25) is 0 Å². The van der Waals surface area contributed by atoms with Crippen LogP contribution in [0, 0.1) is 0 Å². The summed E-state index contributed by atoms with van der Waals surface area (Å²) in [5, 5.41) is 3.65. The number of rotatable bonds is 9. The number of allylic oxidation sites excluding steroid dienone is 1. The molecule has 1 aliphatic carbocycles. The topological polar surface area (TPSA) is 21.3 Å². The second-order valence-electron chi connectivity index (χ2n) is 5.03. The Hall–Kier alpha value is -0.340. The van der Waals surface area contributed by atoms with Gasteiger partial charge in [0.2, 0.25) is 0 Å². The van der Waals surface area contributed by atoms with Crippen LogP contribution in [0.25, 0.3) is 0 Å². The highest BCUT2D eigenvalue weighted by Crippen LogP contribution is 2.37. The van der Waals surface area contributed by atoms with Crippen LogP contribution in [0.2, 0.25) is 0 Å². The van der Waals surface area contributed by atoms with Crippen molar-refractivity contribution in [3.8, 4) is 0 Å². The van der Waals surface area contributed by atoms with Crippen LogP contribution in [0.15, 0.2) is 12.7 Å². The number of hydrogen-bond donors (Lipinski definition) is 1. The molecule has 1 fully saturated rings. The van der Waals surface area contributed by atoms with Crippen molar-refractivity contribution in [2.24, 2.45) is 0 Å². The molecule has 2 heteroatoms. The lowest BCUT2D eigenvalue weighted by atomic mass is 9.88. The Morgan fingerprint density at radius 3 is 2.59 bits per heavy atom. The second kappa shape index (κ2) is 7.88. The summed E-state index contributed by atoms with van der Waals surface area (Å²) in [6.45, 7) is 9.98. The minimum atomic E-state index is 0.117. The zero-order chi connectivity index (χ0) is 12.6. The molecule has 0 aromatic rings. The fourth-order valence-electron chi connectivity index (χ4n) is 3.12. The standard InChI is InChI=1S/C15H29NO/c1-4-7-8-11-14(16-5-2)15(17-6-3)12-9-10-13-15/h4,14,16H,1,5-13H2,2-3H3. The average Bonchev–Trinajstić information content (AvgIpc) is 2.78. The molecule has 0 aromatic carbocycles. The maximum atomic E-state index is 6.15. The fraction of sp³-hybridized carbons (Fsp3) is 0.867. The van der Waals surface area contributed by atoms with Crippen LogP contribution in [0.1, 0.15) is 58.8 Å². The van der Waals surface area contributed by atoms with Crippen molar-refractivity contribution in [2.75, 3.05) is 13.2 Å². The largest absolute Gasteiger partial charge is 0.374 e. The van der Waals surface area contributed by atoms with E-state index in [-0.39, 0.29) is 5.60 Å². The van der Waals surface area contributed by atoms with Gasteiger partial charge in [-0.25, -0.2) is 0 Å². The first-order valence-electron chi connectivity index (χ1n) is 7.27. The summed E-state index contributed by atoms with van der Waals surface area (Å²) in [5.41, 5.74) is 0.117. The maximum absolute atomic E-state index is 6.15. The predicted molar refractivity (Wildman–Crippen MR) is 74.3 cm³/mol. The summed E-state index contributed by atoms with van der Waals surface area (Å²) in [5.74, 6) is 0. The molecule has 0 heterocycles. The maximum Gasteiger partial charge on any atom is 0.0834 e. The number of likely N-dealkylation sites (N-methyl/N-ethyl adjacent to an activating group) is 1. The van der Waals surface area contributed by atoms with Gasteiger partial charge >= 0.3 is 0 Å². The second-order valence-corrected chi connectivity index (χ2v) is 5.03. The summed E-state index contributed by atoms with van der Waals surface area (Å²) in [6, 6.07) is 0.523. The Kier molecular flexibility index (Phi) is 6.83. The van der Waals surface area contributed by atoms with E-state index in [1.807, 2.05) is 6.08 Å². The first-order chi connectivity index (χ1) is 8.29. The van der Waals surface area contributed by atoms with Crippen molar-refractivity contribution < 1.29 is 4.74 Å². The highest BCUT2D eigenvalue weighted by Gasteiger charge is 2.41. The minimum absolute atomic E-state index is 0.117. The van der Waals surface area contributed by atoms with Crippen LogP contribution in [-0.4, -0.2) is 24.8 Å². The third-order valence-corrected chi connectivity index (χ3v) is 3.87. The van der Waals surface area contributed by atoms with E-state index in [1.54, 1.807) is 0 Å². The van der Waals surface area contributed by atoms with E-state index in [2.05, 4.69) is 25.7 Å². The normalized spacial score (nSPS) is 20.4. The highest BCUT2D eigenvalue weighted by atomic mass is 16.5. The Balaban J connectivity index is 2.59. The van der Waals surface area contributed by atoms with Crippen LogP contribution in [0.3, 0.4) is 0 Å². The monoisotopic (exact) mass is 239 g/mol. The smallest absolute Gasteiger partial charge is 0.0834 e. The first kappa shape index (κ1) is 14.7. The number of ether oxygens (including phenoxy) is 1. The zero-order valence-corrected chi connectivity index (χ0v) is 11.6. The molecule has 1 atom stereocenters. The Morgan fingerprint density at radius 1 is 1.35 bits per heavy atom. The summed E-state index contributed by atoms with van der Waals surface area (Å²) in [6.07, 6.45) is 10.7. The first-order valence-corrected chi connectivity index (χ1v) is 7.27. The molecular formula is C15H29NO. The molecule has 17 heavy (non-hydrogen) atoms. The van der Waals surface area contributed by atoms with Gasteiger partial charge in [0.05, 0.1) is 5.60 Å². The number of nitrogens with one attached hydrogen (secondary N) is 1. The highest BCUT2D eigenvalue weighted by molar-refractivity contribution is 4.97. The Labute approximate surface area is 107 Å². The molecule has 0 radical (unpaired) electrons. The quantitative estimate of drug-likeness (QED) is 0.489. The van der Waals surface area contributed by atoms with E-state index in [4.69, 9.17) is 4.74 Å². The molecule has 0 aromatic heterocycles. The van der Waals surface area contributed by atoms with Crippen LogP contribution < -0.4 is 5.32 Å². The van der Waals surface area contributed by atoms with Gasteiger partial charge in [-0.05, 0) is 45.6 Å². The van der Waals surface area contributed by atoms with E-state index >= 15 is 0 Å². The Morgan fingerprint density at radius 2 is 2.06 bits per heavy atom.